The second-order valence-electron chi connectivity index (χ2n) is 12.5. The van der Waals surface area contributed by atoms with Crippen molar-refractivity contribution < 1.29 is 29.0 Å². The first-order valence-corrected chi connectivity index (χ1v) is 16.5. The SMILES string of the molecule is COc1cc(Br)cc([C@H]2C3=CC[C@@H]4C(=O)N(c5ccc(C)c(Cl)c5)C(=O)[C@@H]4[C@@H]3C[C@H]3C(=O)N(c4ccc(C)c(Cl)c4)C(=O)[C@@H]23)c1O. The van der Waals surface area contributed by atoms with Crippen LogP contribution in [0.3, 0.4) is 0 Å². The molecule has 3 aromatic rings. The van der Waals surface area contributed by atoms with Crippen LogP contribution in [0.15, 0.2) is 64.7 Å². The van der Waals surface area contributed by atoms with Gasteiger partial charge in [-0.15, -0.1) is 0 Å². The Morgan fingerprint density at radius 1 is 0.783 bits per heavy atom. The summed E-state index contributed by atoms with van der Waals surface area (Å²) in [7, 11) is 1.43. The number of hydrogen-bond acceptors (Lipinski definition) is 6. The predicted octanol–water partition coefficient (Wildman–Crippen LogP) is 7.13. The highest BCUT2D eigenvalue weighted by Gasteiger charge is 2.62. The summed E-state index contributed by atoms with van der Waals surface area (Å²) in [5, 5.41) is 12.3. The van der Waals surface area contributed by atoms with Crippen LogP contribution in [-0.4, -0.2) is 35.8 Å². The highest BCUT2D eigenvalue weighted by Crippen LogP contribution is 2.60. The van der Waals surface area contributed by atoms with Crippen LogP contribution in [0, 0.1) is 43.4 Å². The number of hydrogen-bond donors (Lipinski definition) is 1. The Bertz CT molecular complexity index is 1910. The standard InChI is InChI=1S/C35H29BrCl2N2O6/c1-15-4-6-18(12-25(15)37)39-32(42)21-9-8-20-22(29(21)34(39)44)14-24-30(28(20)23-10-17(36)11-27(46-3)31(23)41)35(45)40(33(24)43)19-7-5-16(2)26(38)13-19/h4-8,10-13,21-22,24,28-30,41H,9,14H2,1-3H3/t21-,22+,24+,28+,29-,30+/m0/s1. The van der Waals surface area contributed by atoms with E-state index in [9.17, 15) is 24.3 Å². The summed E-state index contributed by atoms with van der Waals surface area (Å²) in [5.74, 6) is -5.81. The van der Waals surface area contributed by atoms with Crippen molar-refractivity contribution in [1.29, 1.82) is 0 Å². The molecule has 2 saturated heterocycles. The van der Waals surface area contributed by atoms with E-state index in [0.29, 0.717) is 31.5 Å². The highest BCUT2D eigenvalue weighted by molar-refractivity contribution is 9.10. The minimum absolute atomic E-state index is 0.153. The van der Waals surface area contributed by atoms with E-state index in [4.69, 9.17) is 27.9 Å². The van der Waals surface area contributed by atoms with Crippen LogP contribution in [-0.2, 0) is 19.2 Å². The van der Waals surface area contributed by atoms with Gasteiger partial charge in [0.2, 0.25) is 23.6 Å². The zero-order valence-electron chi connectivity index (χ0n) is 25.1. The lowest BCUT2D eigenvalue weighted by atomic mass is 9.57. The Morgan fingerprint density at radius 3 is 1.91 bits per heavy atom. The molecule has 11 heteroatoms. The first-order chi connectivity index (χ1) is 21.9. The van der Waals surface area contributed by atoms with Gasteiger partial charge in [-0.05, 0) is 80.1 Å². The summed E-state index contributed by atoms with van der Waals surface area (Å²) >= 11 is 16.3. The third kappa shape index (κ3) is 4.53. The van der Waals surface area contributed by atoms with Crippen molar-refractivity contribution in [2.75, 3.05) is 16.9 Å². The van der Waals surface area contributed by atoms with Crippen molar-refractivity contribution >= 4 is 74.1 Å². The molecule has 2 heterocycles. The van der Waals surface area contributed by atoms with Crippen molar-refractivity contribution in [3.05, 3.63) is 91.4 Å². The van der Waals surface area contributed by atoms with Gasteiger partial charge in [0.1, 0.15) is 0 Å². The van der Waals surface area contributed by atoms with Gasteiger partial charge in [0.25, 0.3) is 0 Å². The van der Waals surface area contributed by atoms with E-state index in [0.717, 1.165) is 16.7 Å². The molecule has 1 N–H and O–H groups in total. The summed E-state index contributed by atoms with van der Waals surface area (Å²) in [6.07, 6.45) is 2.40. The number of phenols is 1. The van der Waals surface area contributed by atoms with Crippen LogP contribution in [0.1, 0.15) is 35.4 Å². The Morgan fingerprint density at radius 2 is 1.35 bits per heavy atom. The molecule has 2 aliphatic carbocycles. The van der Waals surface area contributed by atoms with Crippen LogP contribution < -0.4 is 14.5 Å². The fraction of sp³-hybridized carbons (Fsp3) is 0.314. The molecule has 3 aromatic carbocycles. The van der Waals surface area contributed by atoms with E-state index in [-0.39, 0.29) is 36.2 Å². The van der Waals surface area contributed by atoms with Gasteiger partial charge in [0.15, 0.2) is 11.5 Å². The maximum absolute atomic E-state index is 14.4. The summed E-state index contributed by atoms with van der Waals surface area (Å²) in [6, 6.07) is 13.5. The molecule has 46 heavy (non-hydrogen) atoms. The zero-order chi connectivity index (χ0) is 32.8. The normalized spacial score (nSPS) is 27.0. The van der Waals surface area contributed by atoms with Crippen molar-refractivity contribution in [1.82, 2.24) is 0 Å². The number of carbonyl (C=O) groups is 4. The van der Waals surface area contributed by atoms with E-state index in [1.807, 2.05) is 19.9 Å². The fourth-order valence-corrected chi connectivity index (χ4v) is 8.68. The molecule has 8 nitrogen and oxygen atoms in total. The van der Waals surface area contributed by atoms with Crippen molar-refractivity contribution in [3.8, 4) is 11.5 Å². The maximum Gasteiger partial charge on any atom is 0.238 e. The predicted molar refractivity (Wildman–Crippen MR) is 177 cm³/mol. The molecule has 0 bridgehead atoms. The number of aromatic hydroxyl groups is 1. The summed E-state index contributed by atoms with van der Waals surface area (Å²) < 4.78 is 6.07. The molecule has 4 amide bonds. The molecule has 236 valence electrons. The van der Waals surface area contributed by atoms with Crippen LogP contribution in [0.25, 0.3) is 0 Å². The highest BCUT2D eigenvalue weighted by atomic mass is 79.9. The van der Waals surface area contributed by atoms with Crippen molar-refractivity contribution in [2.24, 2.45) is 29.6 Å². The number of benzene rings is 3. The van der Waals surface area contributed by atoms with Gasteiger partial charge in [0.05, 0.1) is 42.2 Å². The molecule has 3 fully saturated rings. The van der Waals surface area contributed by atoms with Gasteiger partial charge in [-0.2, -0.15) is 0 Å². The second kappa shape index (κ2) is 11.2. The molecular formula is C35H29BrCl2N2O6. The largest absolute Gasteiger partial charge is 0.504 e. The quantitative estimate of drug-likeness (QED) is 0.227. The number of nitrogens with zero attached hydrogens (tertiary/aromatic N) is 2. The number of aryl methyl sites for hydroxylation is 2. The van der Waals surface area contributed by atoms with E-state index in [1.54, 1.807) is 48.5 Å². The number of ether oxygens (including phenoxy) is 1. The molecule has 6 atom stereocenters. The maximum atomic E-state index is 14.4. The smallest absolute Gasteiger partial charge is 0.238 e. The molecule has 0 unspecified atom stereocenters. The first kappa shape index (κ1) is 31.0. The molecule has 4 aliphatic rings. The number of amides is 4. The van der Waals surface area contributed by atoms with Gasteiger partial charge in [0, 0.05) is 26.0 Å². The average molecular weight is 724 g/mol. The molecule has 7 rings (SSSR count). The third-order valence-corrected chi connectivity index (χ3v) is 11.4. The topological polar surface area (TPSA) is 104 Å². The number of halogens is 3. The molecule has 1 saturated carbocycles. The van der Waals surface area contributed by atoms with Gasteiger partial charge in [-0.25, -0.2) is 9.80 Å². The lowest BCUT2D eigenvalue weighted by Crippen LogP contribution is -2.43. The van der Waals surface area contributed by atoms with Gasteiger partial charge in [-0.1, -0.05) is 62.9 Å². The number of phenolic OH excluding ortho intramolecular Hbond substituents is 1. The number of anilines is 2. The molecule has 2 aliphatic heterocycles. The Balaban J connectivity index is 1.37. The fourth-order valence-electron chi connectivity index (χ4n) is 7.87. The average Bonchev–Trinajstić information content (AvgIpc) is 3.43. The molecule has 0 aromatic heterocycles. The minimum atomic E-state index is -0.865. The molecule has 0 spiro atoms. The van der Waals surface area contributed by atoms with Gasteiger partial charge in [-0.3, -0.25) is 19.2 Å². The number of allylic oxidation sites excluding steroid dienone is 2. The molecular weight excluding hydrogens is 695 g/mol. The monoisotopic (exact) mass is 722 g/mol. The number of imide groups is 2. The van der Waals surface area contributed by atoms with Crippen molar-refractivity contribution in [3.63, 3.8) is 0 Å². The van der Waals surface area contributed by atoms with E-state index < -0.39 is 47.3 Å². The summed E-state index contributed by atoms with van der Waals surface area (Å²) in [5.41, 5.74) is 3.54. The first-order valence-electron chi connectivity index (χ1n) is 15.0. The lowest BCUT2D eigenvalue weighted by molar-refractivity contribution is -0.126. The Kier molecular flexibility index (Phi) is 7.57. The van der Waals surface area contributed by atoms with Crippen LogP contribution in [0.4, 0.5) is 11.4 Å². The van der Waals surface area contributed by atoms with Crippen LogP contribution >= 0.6 is 39.1 Å². The number of rotatable bonds is 4. The number of carbonyl (C=O) groups excluding carboxylic acids is 4. The third-order valence-electron chi connectivity index (χ3n) is 10.1. The zero-order valence-corrected chi connectivity index (χ0v) is 28.2. The molecule has 0 radical (unpaired) electrons. The number of fused-ring (bicyclic) bond motifs is 4. The second-order valence-corrected chi connectivity index (χ2v) is 14.2. The Labute approximate surface area is 284 Å². The summed E-state index contributed by atoms with van der Waals surface area (Å²) in [4.78, 5) is 59.1. The van der Waals surface area contributed by atoms with E-state index >= 15 is 0 Å². The van der Waals surface area contributed by atoms with Gasteiger partial charge < -0.3 is 9.84 Å². The summed E-state index contributed by atoms with van der Waals surface area (Å²) in [6.45, 7) is 3.68. The Hall–Kier alpha value is -3.66. The van der Waals surface area contributed by atoms with Crippen LogP contribution in [0.2, 0.25) is 10.0 Å². The number of methoxy groups -OCH3 is 1. The van der Waals surface area contributed by atoms with E-state index in [2.05, 4.69) is 15.9 Å². The van der Waals surface area contributed by atoms with Crippen LogP contribution in [0.5, 0.6) is 11.5 Å². The van der Waals surface area contributed by atoms with Gasteiger partial charge >= 0.3 is 0 Å². The van der Waals surface area contributed by atoms with Crippen molar-refractivity contribution in [2.45, 2.75) is 32.6 Å². The van der Waals surface area contributed by atoms with E-state index in [1.165, 1.54) is 16.9 Å². The lowest BCUT2D eigenvalue weighted by Gasteiger charge is -2.44. The minimum Gasteiger partial charge on any atom is -0.504 e.